The van der Waals surface area contributed by atoms with Gasteiger partial charge in [0.1, 0.15) is 0 Å². The van der Waals surface area contributed by atoms with Crippen molar-refractivity contribution in [2.24, 2.45) is 5.92 Å². The van der Waals surface area contributed by atoms with Crippen molar-refractivity contribution >= 4 is 0 Å². The molecule has 0 aromatic carbocycles. The summed E-state index contributed by atoms with van der Waals surface area (Å²) in [5, 5.41) is 15.1. The molecule has 15 heavy (non-hydrogen) atoms. The molecule has 0 spiro atoms. The van der Waals surface area contributed by atoms with E-state index < -0.39 is 0 Å². The van der Waals surface area contributed by atoms with Crippen molar-refractivity contribution in [1.29, 1.82) is 0 Å². The molecule has 1 saturated carbocycles. The van der Waals surface area contributed by atoms with Crippen molar-refractivity contribution in [3.63, 3.8) is 0 Å². The Bertz CT molecular complexity index is 303. The van der Waals surface area contributed by atoms with Crippen molar-refractivity contribution < 1.29 is 0 Å². The lowest BCUT2D eigenvalue weighted by Gasteiger charge is -2.25. The summed E-state index contributed by atoms with van der Waals surface area (Å²) in [5.74, 6) is 1.75. The number of tetrazole rings is 1. The van der Waals surface area contributed by atoms with E-state index in [4.69, 9.17) is 0 Å². The summed E-state index contributed by atoms with van der Waals surface area (Å²) >= 11 is 0. The van der Waals surface area contributed by atoms with Crippen molar-refractivity contribution in [2.75, 3.05) is 0 Å². The molecule has 1 N–H and O–H groups in total. The Hall–Kier alpha value is -0.970. The fraction of sp³-hybridized carbons (Fsp3) is 0.900. The third-order valence-corrected chi connectivity index (χ3v) is 2.93. The maximum absolute atomic E-state index is 4.04. The highest BCUT2D eigenvalue weighted by Crippen LogP contribution is 2.27. The van der Waals surface area contributed by atoms with Crippen LogP contribution in [0.25, 0.3) is 0 Å². The van der Waals surface area contributed by atoms with Gasteiger partial charge in [-0.25, -0.2) is 4.68 Å². The van der Waals surface area contributed by atoms with Gasteiger partial charge in [-0.15, -0.1) is 5.10 Å². The SMILES string of the molecule is CC(C)NCc1nnnn1CC1CCC1. The molecular formula is C10H19N5. The molecule has 0 radical (unpaired) electrons. The van der Waals surface area contributed by atoms with Gasteiger partial charge in [-0.05, 0) is 29.2 Å². The van der Waals surface area contributed by atoms with Gasteiger partial charge in [0, 0.05) is 12.6 Å². The predicted molar refractivity (Wildman–Crippen MR) is 57.1 cm³/mol. The summed E-state index contributed by atoms with van der Waals surface area (Å²) in [6.07, 6.45) is 4.03. The Morgan fingerprint density at radius 1 is 1.47 bits per heavy atom. The van der Waals surface area contributed by atoms with Crippen LogP contribution in [0.4, 0.5) is 0 Å². The average molecular weight is 209 g/mol. The minimum Gasteiger partial charge on any atom is -0.308 e. The molecule has 1 aliphatic rings. The normalized spacial score (nSPS) is 17.0. The van der Waals surface area contributed by atoms with Gasteiger partial charge in [0.15, 0.2) is 5.82 Å². The molecule has 0 unspecified atom stereocenters. The molecule has 1 aliphatic carbocycles. The number of rotatable bonds is 5. The highest BCUT2D eigenvalue weighted by atomic mass is 15.5. The standard InChI is InChI=1S/C10H19N5/c1-8(2)11-6-10-12-13-14-15(10)7-9-4-3-5-9/h8-9,11H,3-7H2,1-2H3. The van der Waals surface area contributed by atoms with Gasteiger partial charge in [0.25, 0.3) is 0 Å². The van der Waals surface area contributed by atoms with Crippen LogP contribution in [-0.4, -0.2) is 26.2 Å². The Labute approximate surface area is 90.2 Å². The van der Waals surface area contributed by atoms with Crippen LogP contribution in [0, 0.1) is 5.92 Å². The van der Waals surface area contributed by atoms with E-state index >= 15 is 0 Å². The van der Waals surface area contributed by atoms with Crippen LogP contribution in [0.3, 0.4) is 0 Å². The van der Waals surface area contributed by atoms with Crippen molar-refractivity contribution in [3.05, 3.63) is 5.82 Å². The first kappa shape index (κ1) is 10.5. The van der Waals surface area contributed by atoms with Crippen LogP contribution in [0.2, 0.25) is 0 Å². The number of hydrogen-bond acceptors (Lipinski definition) is 4. The number of hydrogen-bond donors (Lipinski definition) is 1. The van der Waals surface area contributed by atoms with E-state index in [2.05, 4.69) is 34.7 Å². The van der Waals surface area contributed by atoms with Gasteiger partial charge < -0.3 is 5.32 Å². The molecular weight excluding hydrogens is 190 g/mol. The molecule has 1 aromatic heterocycles. The lowest BCUT2D eigenvalue weighted by molar-refractivity contribution is 0.260. The van der Waals surface area contributed by atoms with E-state index in [0.717, 1.165) is 24.8 Å². The second kappa shape index (κ2) is 4.70. The van der Waals surface area contributed by atoms with Gasteiger partial charge in [-0.1, -0.05) is 20.3 Å². The zero-order valence-electron chi connectivity index (χ0n) is 9.48. The molecule has 5 heteroatoms. The second-order valence-electron chi connectivity index (χ2n) is 4.61. The molecule has 1 heterocycles. The largest absolute Gasteiger partial charge is 0.308 e. The van der Waals surface area contributed by atoms with Crippen LogP contribution in [-0.2, 0) is 13.1 Å². The first-order valence-corrected chi connectivity index (χ1v) is 5.74. The summed E-state index contributed by atoms with van der Waals surface area (Å²) in [6, 6.07) is 0.471. The summed E-state index contributed by atoms with van der Waals surface area (Å²) in [5.41, 5.74) is 0. The number of aromatic nitrogens is 4. The Morgan fingerprint density at radius 2 is 2.27 bits per heavy atom. The predicted octanol–water partition coefficient (Wildman–Crippen LogP) is 0.971. The van der Waals surface area contributed by atoms with Crippen molar-refractivity contribution in [1.82, 2.24) is 25.5 Å². The molecule has 0 atom stereocenters. The van der Waals surface area contributed by atoms with Crippen LogP contribution in [0.5, 0.6) is 0 Å². The van der Waals surface area contributed by atoms with E-state index in [0.29, 0.717) is 6.04 Å². The minimum absolute atomic E-state index is 0.471. The topological polar surface area (TPSA) is 55.6 Å². The zero-order chi connectivity index (χ0) is 10.7. The maximum Gasteiger partial charge on any atom is 0.165 e. The third-order valence-electron chi connectivity index (χ3n) is 2.93. The van der Waals surface area contributed by atoms with Crippen molar-refractivity contribution in [2.45, 2.75) is 52.2 Å². The van der Waals surface area contributed by atoms with E-state index in [1.165, 1.54) is 19.3 Å². The zero-order valence-corrected chi connectivity index (χ0v) is 9.48. The van der Waals surface area contributed by atoms with Gasteiger partial charge in [0.2, 0.25) is 0 Å². The summed E-state index contributed by atoms with van der Waals surface area (Å²) < 4.78 is 1.94. The monoisotopic (exact) mass is 209 g/mol. The average Bonchev–Trinajstić information content (AvgIpc) is 2.55. The quantitative estimate of drug-likeness (QED) is 0.785. The van der Waals surface area contributed by atoms with E-state index in [1.54, 1.807) is 0 Å². The fourth-order valence-electron chi connectivity index (χ4n) is 1.71. The molecule has 0 saturated heterocycles. The summed E-state index contributed by atoms with van der Waals surface area (Å²) in [7, 11) is 0. The lowest BCUT2D eigenvalue weighted by atomic mass is 9.85. The van der Waals surface area contributed by atoms with Crippen LogP contribution in [0.1, 0.15) is 38.9 Å². The highest BCUT2D eigenvalue weighted by Gasteiger charge is 2.19. The molecule has 1 aromatic rings. The summed E-state index contributed by atoms with van der Waals surface area (Å²) in [6.45, 7) is 6.00. The third kappa shape index (κ3) is 2.75. The van der Waals surface area contributed by atoms with E-state index in [1.807, 2.05) is 4.68 Å². The lowest BCUT2D eigenvalue weighted by Crippen LogP contribution is -2.26. The molecule has 1 fully saturated rings. The van der Waals surface area contributed by atoms with Gasteiger partial charge in [-0.3, -0.25) is 0 Å². The Morgan fingerprint density at radius 3 is 2.87 bits per heavy atom. The van der Waals surface area contributed by atoms with Gasteiger partial charge >= 0.3 is 0 Å². The minimum atomic E-state index is 0.471. The highest BCUT2D eigenvalue weighted by molar-refractivity contribution is 4.82. The first-order valence-electron chi connectivity index (χ1n) is 5.74. The number of nitrogens with one attached hydrogen (secondary N) is 1. The van der Waals surface area contributed by atoms with E-state index in [-0.39, 0.29) is 0 Å². The molecule has 0 aliphatic heterocycles. The van der Waals surface area contributed by atoms with E-state index in [9.17, 15) is 0 Å². The van der Waals surface area contributed by atoms with Gasteiger partial charge in [0.05, 0.1) is 6.54 Å². The van der Waals surface area contributed by atoms with Gasteiger partial charge in [-0.2, -0.15) is 0 Å². The molecule has 2 rings (SSSR count). The molecule has 0 amide bonds. The van der Waals surface area contributed by atoms with Crippen LogP contribution in [0.15, 0.2) is 0 Å². The Kier molecular flexibility index (Phi) is 3.30. The second-order valence-corrected chi connectivity index (χ2v) is 4.61. The Balaban J connectivity index is 1.89. The maximum atomic E-state index is 4.04. The molecule has 84 valence electrons. The summed E-state index contributed by atoms with van der Waals surface area (Å²) in [4.78, 5) is 0. The van der Waals surface area contributed by atoms with Crippen LogP contribution >= 0.6 is 0 Å². The van der Waals surface area contributed by atoms with Crippen molar-refractivity contribution in [3.8, 4) is 0 Å². The smallest absolute Gasteiger partial charge is 0.165 e. The number of nitrogens with zero attached hydrogens (tertiary/aromatic N) is 4. The molecule has 5 nitrogen and oxygen atoms in total. The molecule has 0 bridgehead atoms. The fourth-order valence-corrected chi connectivity index (χ4v) is 1.71. The first-order chi connectivity index (χ1) is 7.25. The van der Waals surface area contributed by atoms with Crippen LogP contribution < -0.4 is 5.32 Å².